The van der Waals surface area contributed by atoms with Crippen LogP contribution in [0.5, 0.6) is 5.75 Å². The highest BCUT2D eigenvalue weighted by Crippen LogP contribution is 2.15. The van der Waals surface area contributed by atoms with Gasteiger partial charge >= 0.3 is 0 Å². The lowest BCUT2D eigenvalue weighted by Crippen LogP contribution is -2.12. The van der Waals surface area contributed by atoms with Crippen molar-refractivity contribution in [2.24, 2.45) is 0 Å². The number of nitrogens with one attached hydrogen (secondary N) is 1. The summed E-state index contributed by atoms with van der Waals surface area (Å²) in [6.07, 6.45) is 4.55. The lowest BCUT2D eigenvalue weighted by molar-refractivity contribution is 0.102. The van der Waals surface area contributed by atoms with E-state index >= 15 is 0 Å². The number of phenolic OH excluding ortho intramolecular Hbond substituents is 1. The average Bonchev–Trinajstić information content (AvgIpc) is 3.04. The number of carbonyl (C=O) groups is 1. The highest BCUT2D eigenvalue weighted by Gasteiger charge is 2.08. The summed E-state index contributed by atoms with van der Waals surface area (Å²) in [5.41, 5.74) is 1.06. The second-order valence-electron chi connectivity index (χ2n) is 4.27. The first-order valence-electron chi connectivity index (χ1n) is 6.14. The Labute approximate surface area is 119 Å². The fourth-order valence-electron chi connectivity index (χ4n) is 1.77. The van der Waals surface area contributed by atoms with Gasteiger partial charge in [0.1, 0.15) is 24.2 Å². The van der Waals surface area contributed by atoms with Crippen molar-refractivity contribution < 1.29 is 9.90 Å². The molecule has 2 N–H and O–H groups in total. The largest absolute Gasteiger partial charge is 0.508 e. The standard InChI is InChI=1S/C14H11N5O2/c20-12-3-1-11(2-4-12)18-14(21)10-5-6-15-13(7-10)19-8-16-17-9-19/h1-9,20H,(H,18,21). The number of hydrogen-bond donors (Lipinski definition) is 2. The van der Waals surface area contributed by atoms with E-state index < -0.39 is 0 Å². The molecule has 3 aromatic rings. The summed E-state index contributed by atoms with van der Waals surface area (Å²) in [4.78, 5) is 16.3. The number of rotatable bonds is 3. The van der Waals surface area contributed by atoms with Crippen LogP contribution < -0.4 is 5.32 Å². The Bertz CT molecular complexity index is 753. The Morgan fingerprint density at radius 2 is 1.81 bits per heavy atom. The van der Waals surface area contributed by atoms with Crippen molar-refractivity contribution in [1.29, 1.82) is 0 Å². The van der Waals surface area contributed by atoms with Crippen LogP contribution in [-0.4, -0.2) is 30.8 Å². The van der Waals surface area contributed by atoms with Gasteiger partial charge in [0.15, 0.2) is 0 Å². The number of hydrogen-bond acceptors (Lipinski definition) is 5. The number of phenols is 1. The van der Waals surface area contributed by atoms with Gasteiger partial charge in [-0.25, -0.2) is 4.98 Å². The number of benzene rings is 1. The molecule has 0 atom stereocenters. The van der Waals surface area contributed by atoms with Crippen LogP contribution in [0.2, 0.25) is 0 Å². The van der Waals surface area contributed by atoms with Gasteiger partial charge in [-0.2, -0.15) is 0 Å². The van der Waals surface area contributed by atoms with E-state index in [9.17, 15) is 9.90 Å². The molecule has 7 heteroatoms. The van der Waals surface area contributed by atoms with Crippen LogP contribution >= 0.6 is 0 Å². The van der Waals surface area contributed by atoms with Crippen molar-refractivity contribution >= 4 is 11.6 Å². The molecule has 0 fully saturated rings. The van der Waals surface area contributed by atoms with Gasteiger partial charge in [-0.3, -0.25) is 9.36 Å². The van der Waals surface area contributed by atoms with Gasteiger partial charge < -0.3 is 10.4 Å². The first kappa shape index (κ1) is 12.8. The molecule has 0 unspecified atom stereocenters. The van der Waals surface area contributed by atoms with Gasteiger partial charge in [-0.1, -0.05) is 0 Å². The maximum atomic E-state index is 12.2. The smallest absolute Gasteiger partial charge is 0.255 e. The Kier molecular flexibility index (Phi) is 3.30. The van der Waals surface area contributed by atoms with E-state index in [1.165, 1.54) is 24.8 Å². The summed E-state index contributed by atoms with van der Waals surface area (Å²) in [5.74, 6) is 0.433. The second kappa shape index (κ2) is 5.41. The molecule has 21 heavy (non-hydrogen) atoms. The van der Waals surface area contributed by atoms with E-state index in [0.717, 1.165) is 0 Å². The first-order chi connectivity index (χ1) is 10.2. The molecule has 0 aliphatic rings. The molecule has 2 aromatic heterocycles. The number of amides is 1. The van der Waals surface area contributed by atoms with Crippen molar-refractivity contribution in [1.82, 2.24) is 19.7 Å². The molecule has 3 rings (SSSR count). The second-order valence-corrected chi connectivity index (χ2v) is 4.27. The van der Waals surface area contributed by atoms with Crippen molar-refractivity contribution in [3.8, 4) is 11.6 Å². The molecule has 2 heterocycles. The number of carbonyl (C=O) groups excluding carboxylic acids is 1. The van der Waals surface area contributed by atoms with Crippen molar-refractivity contribution in [3.63, 3.8) is 0 Å². The van der Waals surface area contributed by atoms with Gasteiger partial charge in [-0.05, 0) is 36.4 Å². The monoisotopic (exact) mass is 281 g/mol. The fourth-order valence-corrected chi connectivity index (χ4v) is 1.77. The number of aromatic nitrogens is 4. The molecule has 1 amide bonds. The van der Waals surface area contributed by atoms with Gasteiger partial charge in [0, 0.05) is 17.4 Å². The molecule has 0 spiro atoms. The molecule has 104 valence electrons. The number of pyridine rings is 1. The SMILES string of the molecule is O=C(Nc1ccc(O)cc1)c1ccnc(-n2cnnc2)c1. The van der Waals surface area contributed by atoms with E-state index in [-0.39, 0.29) is 11.7 Å². The Hall–Kier alpha value is -3.22. The topological polar surface area (TPSA) is 92.9 Å². The predicted octanol–water partition coefficient (Wildman–Crippen LogP) is 1.62. The minimum absolute atomic E-state index is 0.145. The van der Waals surface area contributed by atoms with Crippen molar-refractivity contribution in [2.75, 3.05) is 5.32 Å². The summed E-state index contributed by atoms with van der Waals surface area (Å²) in [6.45, 7) is 0. The molecule has 0 radical (unpaired) electrons. The number of nitrogens with zero attached hydrogens (tertiary/aromatic N) is 4. The van der Waals surface area contributed by atoms with Gasteiger partial charge in [0.25, 0.3) is 5.91 Å². The van der Waals surface area contributed by atoms with Crippen LogP contribution in [0.1, 0.15) is 10.4 Å². The van der Waals surface area contributed by atoms with Crippen molar-refractivity contribution in [2.45, 2.75) is 0 Å². The predicted molar refractivity (Wildman–Crippen MR) is 75.2 cm³/mol. The molecule has 7 nitrogen and oxygen atoms in total. The summed E-state index contributed by atoms with van der Waals surface area (Å²) in [5, 5.41) is 19.3. The zero-order valence-electron chi connectivity index (χ0n) is 10.8. The molecule has 0 saturated carbocycles. The molecule has 0 aliphatic heterocycles. The maximum absolute atomic E-state index is 12.2. The maximum Gasteiger partial charge on any atom is 0.255 e. The van der Waals surface area contributed by atoms with E-state index in [4.69, 9.17) is 0 Å². The quantitative estimate of drug-likeness (QED) is 0.712. The van der Waals surface area contributed by atoms with Crippen LogP contribution in [0.25, 0.3) is 5.82 Å². The molecule has 1 aromatic carbocycles. The zero-order chi connectivity index (χ0) is 14.7. The summed E-state index contributed by atoms with van der Waals surface area (Å²) < 4.78 is 1.61. The Morgan fingerprint density at radius 3 is 2.52 bits per heavy atom. The molecular formula is C14H11N5O2. The van der Waals surface area contributed by atoms with E-state index in [1.807, 2.05) is 0 Å². The number of anilines is 1. The summed E-state index contributed by atoms with van der Waals surface area (Å²) in [7, 11) is 0. The van der Waals surface area contributed by atoms with Gasteiger partial charge in [0.05, 0.1) is 0 Å². The lowest BCUT2D eigenvalue weighted by Gasteiger charge is -2.06. The zero-order valence-corrected chi connectivity index (χ0v) is 10.8. The summed E-state index contributed by atoms with van der Waals surface area (Å²) >= 11 is 0. The molecular weight excluding hydrogens is 270 g/mol. The highest BCUT2D eigenvalue weighted by molar-refractivity contribution is 6.04. The minimum atomic E-state index is -0.266. The third-order valence-electron chi connectivity index (χ3n) is 2.82. The molecule has 0 saturated heterocycles. The highest BCUT2D eigenvalue weighted by atomic mass is 16.3. The van der Waals surface area contributed by atoms with Crippen LogP contribution in [0.4, 0.5) is 5.69 Å². The first-order valence-corrected chi connectivity index (χ1v) is 6.14. The van der Waals surface area contributed by atoms with E-state index in [0.29, 0.717) is 17.1 Å². The molecule has 0 bridgehead atoms. The minimum Gasteiger partial charge on any atom is -0.508 e. The third-order valence-corrected chi connectivity index (χ3v) is 2.82. The Balaban J connectivity index is 1.81. The Morgan fingerprint density at radius 1 is 1.10 bits per heavy atom. The van der Waals surface area contributed by atoms with Crippen LogP contribution in [-0.2, 0) is 0 Å². The van der Waals surface area contributed by atoms with Gasteiger partial charge in [0.2, 0.25) is 0 Å². The van der Waals surface area contributed by atoms with E-state index in [2.05, 4.69) is 20.5 Å². The van der Waals surface area contributed by atoms with E-state index in [1.54, 1.807) is 35.0 Å². The fraction of sp³-hybridized carbons (Fsp3) is 0. The lowest BCUT2D eigenvalue weighted by atomic mass is 10.2. The van der Waals surface area contributed by atoms with Crippen LogP contribution in [0, 0.1) is 0 Å². The summed E-state index contributed by atoms with van der Waals surface area (Å²) in [6, 6.07) is 9.50. The normalized spacial score (nSPS) is 10.3. The van der Waals surface area contributed by atoms with Crippen LogP contribution in [0.15, 0.2) is 55.2 Å². The van der Waals surface area contributed by atoms with Crippen LogP contribution in [0.3, 0.4) is 0 Å². The van der Waals surface area contributed by atoms with Crippen molar-refractivity contribution in [3.05, 3.63) is 60.8 Å². The third kappa shape index (κ3) is 2.86. The number of aromatic hydroxyl groups is 1. The average molecular weight is 281 g/mol. The molecule has 0 aliphatic carbocycles. The van der Waals surface area contributed by atoms with Gasteiger partial charge in [-0.15, -0.1) is 10.2 Å².